The number of ether oxygens (including phenoxy) is 1. The van der Waals surface area contributed by atoms with E-state index in [-0.39, 0.29) is 11.4 Å². The molecule has 0 aromatic heterocycles. The van der Waals surface area contributed by atoms with Gasteiger partial charge in [-0.25, -0.2) is 13.1 Å². The molecule has 1 aliphatic rings. The van der Waals surface area contributed by atoms with Crippen molar-refractivity contribution in [3.8, 4) is 0 Å². The second-order valence-electron chi connectivity index (χ2n) is 5.06. The summed E-state index contributed by atoms with van der Waals surface area (Å²) in [6, 6.07) is 3.17. The highest BCUT2D eigenvalue weighted by molar-refractivity contribution is 9.10. The molecule has 1 aliphatic carbocycles. The summed E-state index contributed by atoms with van der Waals surface area (Å²) in [6.45, 7) is 3.12. The van der Waals surface area contributed by atoms with Crippen molar-refractivity contribution in [2.75, 3.05) is 25.5 Å². The topological polar surface area (TPSA) is 81.4 Å². The Balaban J connectivity index is 1.93. The lowest BCUT2D eigenvalue weighted by Gasteiger charge is -2.11. The number of nitrogens with two attached hydrogens (primary N) is 1. The molecule has 0 amide bonds. The zero-order valence-electron chi connectivity index (χ0n) is 11.4. The van der Waals surface area contributed by atoms with Crippen LogP contribution in [0.2, 0.25) is 0 Å². The van der Waals surface area contributed by atoms with E-state index in [2.05, 4.69) is 20.7 Å². The molecule has 0 heterocycles. The van der Waals surface area contributed by atoms with Crippen molar-refractivity contribution in [3.05, 3.63) is 22.2 Å². The van der Waals surface area contributed by atoms with Gasteiger partial charge in [0, 0.05) is 23.3 Å². The number of sulfonamides is 1. The van der Waals surface area contributed by atoms with Gasteiger partial charge in [-0.15, -0.1) is 0 Å². The Hall–Kier alpha value is -0.630. The highest BCUT2D eigenvalue weighted by Crippen LogP contribution is 2.28. The van der Waals surface area contributed by atoms with Crippen LogP contribution in [0.1, 0.15) is 18.4 Å². The van der Waals surface area contributed by atoms with Crippen molar-refractivity contribution < 1.29 is 13.2 Å². The third-order valence-electron chi connectivity index (χ3n) is 3.17. The van der Waals surface area contributed by atoms with Gasteiger partial charge < -0.3 is 10.5 Å². The number of nitrogen functional groups attached to an aromatic ring is 1. The lowest BCUT2D eigenvalue weighted by atomic mass is 10.2. The largest absolute Gasteiger partial charge is 0.398 e. The fourth-order valence-corrected chi connectivity index (χ4v) is 3.55. The van der Waals surface area contributed by atoms with Crippen molar-refractivity contribution in [2.45, 2.75) is 24.7 Å². The van der Waals surface area contributed by atoms with E-state index in [1.54, 1.807) is 13.0 Å². The number of nitrogens with one attached hydrogen (secondary N) is 1. The first kappa shape index (κ1) is 15.8. The second-order valence-corrected chi connectivity index (χ2v) is 7.64. The molecule has 5 nitrogen and oxygen atoms in total. The molecular formula is C13H19BrN2O3S. The highest BCUT2D eigenvalue weighted by Gasteiger charge is 2.21. The molecule has 0 saturated heterocycles. The zero-order valence-corrected chi connectivity index (χ0v) is 13.8. The van der Waals surface area contributed by atoms with Crippen LogP contribution in [0.5, 0.6) is 0 Å². The molecule has 20 heavy (non-hydrogen) atoms. The average molecular weight is 363 g/mol. The molecule has 1 saturated carbocycles. The van der Waals surface area contributed by atoms with E-state index >= 15 is 0 Å². The van der Waals surface area contributed by atoms with E-state index in [1.165, 1.54) is 18.9 Å². The molecule has 0 unspecified atom stereocenters. The van der Waals surface area contributed by atoms with E-state index in [0.717, 1.165) is 6.61 Å². The SMILES string of the molecule is Cc1cc(Br)c(N)cc1S(=O)(=O)NCCOCC1CC1. The van der Waals surface area contributed by atoms with Crippen LogP contribution in [0.4, 0.5) is 5.69 Å². The van der Waals surface area contributed by atoms with Crippen molar-refractivity contribution in [1.82, 2.24) is 4.72 Å². The van der Waals surface area contributed by atoms with Gasteiger partial charge in [-0.3, -0.25) is 0 Å². The van der Waals surface area contributed by atoms with Crippen LogP contribution in [0.25, 0.3) is 0 Å². The van der Waals surface area contributed by atoms with Crippen LogP contribution >= 0.6 is 15.9 Å². The maximum atomic E-state index is 12.2. The number of aryl methyl sites for hydroxylation is 1. The molecule has 0 radical (unpaired) electrons. The highest BCUT2D eigenvalue weighted by atomic mass is 79.9. The summed E-state index contributed by atoms with van der Waals surface area (Å²) < 4.78 is 33.0. The fraction of sp³-hybridized carbons (Fsp3) is 0.538. The van der Waals surface area contributed by atoms with E-state index in [9.17, 15) is 8.42 Å². The minimum Gasteiger partial charge on any atom is -0.398 e. The predicted molar refractivity (Wildman–Crippen MR) is 82.0 cm³/mol. The van der Waals surface area contributed by atoms with Gasteiger partial charge in [-0.2, -0.15) is 0 Å². The molecular weight excluding hydrogens is 344 g/mol. The number of hydrogen-bond donors (Lipinski definition) is 2. The summed E-state index contributed by atoms with van der Waals surface area (Å²) in [4.78, 5) is 0.209. The molecule has 3 N–H and O–H groups in total. The Kier molecular flexibility index (Phi) is 5.06. The molecule has 112 valence electrons. The zero-order chi connectivity index (χ0) is 14.8. The normalized spacial score (nSPS) is 15.5. The monoisotopic (exact) mass is 362 g/mol. The molecule has 0 bridgehead atoms. The average Bonchev–Trinajstić information content (AvgIpc) is 3.17. The Bertz CT molecular complexity index is 586. The smallest absolute Gasteiger partial charge is 0.240 e. The summed E-state index contributed by atoms with van der Waals surface area (Å²) in [5, 5.41) is 0. The van der Waals surface area contributed by atoms with Crippen LogP contribution in [-0.4, -0.2) is 28.2 Å². The molecule has 2 rings (SSSR count). The molecule has 0 atom stereocenters. The third kappa shape index (κ3) is 4.18. The molecule has 1 aromatic carbocycles. The first-order chi connectivity index (χ1) is 9.40. The summed E-state index contributed by atoms with van der Waals surface area (Å²) >= 11 is 3.28. The fourth-order valence-electron chi connectivity index (χ4n) is 1.82. The first-order valence-electron chi connectivity index (χ1n) is 6.53. The number of halogens is 1. The molecule has 1 aromatic rings. The summed E-state index contributed by atoms with van der Waals surface area (Å²) in [5.41, 5.74) is 6.79. The van der Waals surface area contributed by atoms with Gasteiger partial charge in [0.2, 0.25) is 10.0 Å². The first-order valence-corrected chi connectivity index (χ1v) is 8.81. The minimum absolute atomic E-state index is 0.209. The number of anilines is 1. The van der Waals surface area contributed by atoms with Gasteiger partial charge in [-0.05, 0) is 59.3 Å². The van der Waals surface area contributed by atoms with Gasteiger partial charge in [0.25, 0.3) is 0 Å². The van der Waals surface area contributed by atoms with Crippen molar-refractivity contribution >= 4 is 31.6 Å². The van der Waals surface area contributed by atoms with E-state index in [1.807, 2.05) is 0 Å². The van der Waals surface area contributed by atoms with Gasteiger partial charge in [0.15, 0.2) is 0 Å². The lowest BCUT2D eigenvalue weighted by Crippen LogP contribution is -2.28. The van der Waals surface area contributed by atoms with Crippen LogP contribution < -0.4 is 10.5 Å². The number of rotatable bonds is 7. The maximum Gasteiger partial charge on any atom is 0.240 e. The number of hydrogen-bond acceptors (Lipinski definition) is 4. The van der Waals surface area contributed by atoms with Gasteiger partial charge >= 0.3 is 0 Å². The Morgan fingerprint density at radius 3 is 2.80 bits per heavy atom. The van der Waals surface area contributed by atoms with Gasteiger partial charge in [-0.1, -0.05) is 0 Å². The van der Waals surface area contributed by atoms with Crippen LogP contribution in [0.15, 0.2) is 21.5 Å². The Morgan fingerprint density at radius 2 is 2.15 bits per heavy atom. The van der Waals surface area contributed by atoms with Gasteiger partial charge in [0.05, 0.1) is 11.5 Å². The van der Waals surface area contributed by atoms with Crippen LogP contribution in [0.3, 0.4) is 0 Å². The predicted octanol–water partition coefficient (Wildman–Crippen LogP) is 2.04. The van der Waals surface area contributed by atoms with E-state index in [0.29, 0.717) is 28.2 Å². The second kappa shape index (κ2) is 6.43. The van der Waals surface area contributed by atoms with Crippen LogP contribution in [-0.2, 0) is 14.8 Å². The quantitative estimate of drug-likeness (QED) is 0.574. The lowest BCUT2D eigenvalue weighted by molar-refractivity contribution is 0.129. The number of benzene rings is 1. The summed E-state index contributed by atoms with van der Waals surface area (Å²) in [6.07, 6.45) is 2.45. The van der Waals surface area contributed by atoms with Crippen LogP contribution in [0, 0.1) is 12.8 Å². The molecule has 0 aliphatic heterocycles. The van der Waals surface area contributed by atoms with E-state index < -0.39 is 10.0 Å². The standard InChI is InChI=1S/C13H19BrN2O3S/c1-9-6-11(14)12(15)7-13(9)20(17,18)16-4-5-19-8-10-2-3-10/h6-7,10,16H,2-5,8,15H2,1H3. The van der Waals surface area contributed by atoms with Gasteiger partial charge in [0.1, 0.15) is 0 Å². The molecule has 7 heteroatoms. The van der Waals surface area contributed by atoms with Crippen molar-refractivity contribution in [1.29, 1.82) is 0 Å². The Morgan fingerprint density at radius 1 is 1.45 bits per heavy atom. The minimum atomic E-state index is -3.55. The Labute approximate surface area is 128 Å². The maximum absolute atomic E-state index is 12.2. The van der Waals surface area contributed by atoms with Crippen molar-refractivity contribution in [2.24, 2.45) is 5.92 Å². The van der Waals surface area contributed by atoms with Crippen molar-refractivity contribution in [3.63, 3.8) is 0 Å². The summed E-state index contributed by atoms with van der Waals surface area (Å²) in [7, 11) is -3.55. The summed E-state index contributed by atoms with van der Waals surface area (Å²) in [5.74, 6) is 0.681. The molecule has 1 fully saturated rings. The molecule has 0 spiro atoms. The van der Waals surface area contributed by atoms with E-state index in [4.69, 9.17) is 10.5 Å². The third-order valence-corrected chi connectivity index (χ3v) is 5.46.